The molecule has 0 bridgehead atoms. The maximum absolute atomic E-state index is 12.0. The number of hydrogen-bond donors (Lipinski definition) is 1. The fourth-order valence-electron chi connectivity index (χ4n) is 1.94. The molecule has 1 saturated heterocycles. The number of rotatable bonds is 2. The van der Waals surface area contributed by atoms with Crippen LogP contribution in [0.3, 0.4) is 0 Å². The third-order valence-electron chi connectivity index (χ3n) is 3.04. The Morgan fingerprint density at radius 1 is 1.41 bits per heavy atom. The fourth-order valence-corrected chi connectivity index (χ4v) is 2.11. The van der Waals surface area contributed by atoms with Gasteiger partial charge in [-0.15, -0.1) is 0 Å². The first-order valence-corrected chi connectivity index (χ1v) is 6.20. The van der Waals surface area contributed by atoms with Crippen LogP contribution < -0.4 is 5.32 Å². The van der Waals surface area contributed by atoms with Gasteiger partial charge in [0.15, 0.2) is 0 Å². The van der Waals surface area contributed by atoms with Crippen molar-refractivity contribution in [2.45, 2.75) is 19.8 Å². The van der Waals surface area contributed by atoms with Crippen LogP contribution in [-0.4, -0.2) is 19.1 Å². The molecule has 1 amide bonds. The number of aryl methyl sites for hydroxylation is 1. The highest BCUT2D eigenvalue weighted by atomic mass is 35.5. The van der Waals surface area contributed by atoms with E-state index in [1.165, 1.54) is 0 Å². The molecule has 2 rings (SSSR count). The lowest BCUT2D eigenvalue weighted by Gasteiger charge is -2.21. The van der Waals surface area contributed by atoms with Gasteiger partial charge in [0.05, 0.1) is 10.7 Å². The van der Waals surface area contributed by atoms with E-state index in [-0.39, 0.29) is 11.8 Å². The molecule has 0 unspecified atom stereocenters. The summed E-state index contributed by atoms with van der Waals surface area (Å²) in [4.78, 5) is 12.0. The number of nitrogens with one attached hydrogen (secondary N) is 1. The number of anilines is 1. The van der Waals surface area contributed by atoms with Crippen LogP contribution in [0.1, 0.15) is 18.4 Å². The average molecular weight is 254 g/mol. The maximum atomic E-state index is 12.0. The van der Waals surface area contributed by atoms with E-state index < -0.39 is 0 Å². The molecule has 1 aromatic rings. The van der Waals surface area contributed by atoms with E-state index >= 15 is 0 Å². The van der Waals surface area contributed by atoms with Crippen molar-refractivity contribution in [3.05, 3.63) is 28.8 Å². The summed E-state index contributed by atoms with van der Waals surface area (Å²) in [6.45, 7) is 3.26. The third-order valence-corrected chi connectivity index (χ3v) is 3.54. The van der Waals surface area contributed by atoms with Crippen molar-refractivity contribution in [1.29, 1.82) is 0 Å². The van der Waals surface area contributed by atoms with Crippen LogP contribution in [0, 0.1) is 12.8 Å². The highest BCUT2D eigenvalue weighted by Crippen LogP contribution is 2.26. The van der Waals surface area contributed by atoms with E-state index in [0.717, 1.165) is 18.4 Å². The number of carbonyl (C=O) groups is 1. The van der Waals surface area contributed by atoms with Gasteiger partial charge in [-0.05, 0) is 31.4 Å². The molecule has 0 atom stereocenters. The van der Waals surface area contributed by atoms with Crippen molar-refractivity contribution in [2.75, 3.05) is 18.5 Å². The zero-order chi connectivity index (χ0) is 12.3. The Balaban J connectivity index is 2.04. The second-order valence-corrected chi connectivity index (χ2v) is 4.69. The molecule has 17 heavy (non-hydrogen) atoms. The number of benzene rings is 1. The number of ether oxygens (including phenoxy) is 1. The zero-order valence-corrected chi connectivity index (χ0v) is 10.6. The minimum absolute atomic E-state index is 0.0420. The Hall–Kier alpha value is -1.06. The Kier molecular flexibility index (Phi) is 4.02. The quantitative estimate of drug-likeness (QED) is 0.880. The second-order valence-electron chi connectivity index (χ2n) is 4.31. The molecule has 0 radical (unpaired) electrons. The molecule has 1 aliphatic rings. The molecule has 3 nitrogen and oxygen atoms in total. The molecule has 1 heterocycles. The predicted octanol–water partition coefficient (Wildman–Crippen LogP) is 3.01. The van der Waals surface area contributed by atoms with Crippen molar-refractivity contribution in [3.63, 3.8) is 0 Å². The zero-order valence-electron chi connectivity index (χ0n) is 9.83. The lowest BCUT2D eigenvalue weighted by atomic mass is 9.99. The van der Waals surface area contributed by atoms with Gasteiger partial charge >= 0.3 is 0 Å². The molecule has 0 spiro atoms. The van der Waals surface area contributed by atoms with Gasteiger partial charge in [-0.1, -0.05) is 23.7 Å². The van der Waals surface area contributed by atoms with Crippen molar-refractivity contribution in [3.8, 4) is 0 Å². The van der Waals surface area contributed by atoms with Crippen LogP contribution in [0.25, 0.3) is 0 Å². The smallest absolute Gasteiger partial charge is 0.227 e. The van der Waals surface area contributed by atoms with E-state index in [9.17, 15) is 4.79 Å². The average Bonchev–Trinajstić information content (AvgIpc) is 2.36. The highest BCUT2D eigenvalue weighted by Gasteiger charge is 2.22. The standard InChI is InChI=1S/C13H16ClNO2/c1-9-3-2-4-11(12(9)14)15-13(16)10-5-7-17-8-6-10/h2-4,10H,5-8H2,1H3,(H,15,16). The molecule has 1 aliphatic heterocycles. The van der Waals surface area contributed by atoms with Crippen LogP contribution in [0.5, 0.6) is 0 Å². The monoisotopic (exact) mass is 253 g/mol. The topological polar surface area (TPSA) is 38.3 Å². The summed E-state index contributed by atoms with van der Waals surface area (Å²) in [6, 6.07) is 5.64. The van der Waals surface area contributed by atoms with E-state index in [1.54, 1.807) is 0 Å². The van der Waals surface area contributed by atoms with Crippen molar-refractivity contribution < 1.29 is 9.53 Å². The predicted molar refractivity (Wildman–Crippen MR) is 68.4 cm³/mol. The van der Waals surface area contributed by atoms with Crippen LogP contribution in [0.2, 0.25) is 5.02 Å². The van der Waals surface area contributed by atoms with Gasteiger partial charge in [-0.25, -0.2) is 0 Å². The number of hydrogen-bond acceptors (Lipinski definition) is 2. The SMILES string of the molecule is Cc1cccc(NC(=O)C2CCOCC2)c1Cl. The van der Waals surface area contributed by atoms with Gasteiger partial charge in [0.2, 0.25) is 5.91 Å². The molecule has 92 valence electrons. The number of amides is 1. The van der Waals surface area contributed by atoms with Gasteiger partial charge in [0, 0.05) is 19.1 Å². The van der Waals surface area contributed by atoms with Gasteiger partial charge in [-0.2, -0.15) is 0 Å². The summed E-state index contributed by atoms with van der Waals surface area (Å²) in [5, 5.41) is 3.51. The lowest BCUT2D eigenvalue weighted by molar-refractivity contribution is -0.122. The van der Waals surface area contributed by atoms with Crippen LogP contribution in [0.15, 0.2) is 18.2 Å². The lowest BCUT2D eigenvalue weighted by Crippen LogP contribution is -2.28. The van der Waals surface area contributed by atoms with Crippen molar-refractivity contribution in [1.82, 2.24) is 0 Å². The minimum atomic E-state index is 0.0420. The van der Waals surface area contributed by atoms with Gasteiger partial charge in [-0.3, -0.25) is 4.79 Å². The van der Waals surface area contributed by atoms with Crippen LogP contribution in [-0.2, 0) is 9.53 Å². The van der Waals surface area contributed by atoms with E-state index in [1.807, 2.05) is 25.1 Å². The summed E-state index contributed by atoms with van der Waals surface area (Å²) < 4.78 is 5.24. The maximum Gasteiger partial charge on any atom is 0.227 e. The number of carbonyl (C=O) groups excluding carboxylic acids is 1. The molecule has 1 fully saturated rings. The molecule has 4 heteroatoms. The summed E-state index contributed by atoms with van der Waals surface area (Å²) in [7, 11) is 0. The van der Waals surface area contributed by atoms with E-state index in [2.05, 4.69) is 5.32 Å². The number of halogens is 1. The first kappa shape index (κ1) is 12.4. The third kappa shape index (κ3) is 2.99. The molecule has 0 aromatic heterocycles. The van der Waals surface area contributed by atoms with Crippen LogP contribution >= 0.6 is 11.6 Å². The van der Waals surface area contributed by atoms with E-state index in [0.29, 0.717) is 23.9 Å². The molecular weight excluding hydrogens is 238 g/mol. The van der Waals surface area contributed by atoms with Gasteiger partial charge in [0.1, 0.15) is 0 Å². The Morgan fingerprint density at radius 3 is 2.82 bits per heavy atom. The first-order valence-electron chi connectivity index (χ1n) is 5.82. The summed E-state index contributed by atoms with van der Waals surface area (Å²) in [5.41, 5.74) is 1.67. The molecule has 1 N–H and O–H groups in total. The second kappa shape index (κ2) is 5.52. The Morgan fingerprint density at radius 2 is 2.12 bits per heavy atom. The summed E-state index contributed by atoms with van der Waals surface area (Å²) in [5.74, 6) is 0.0844. The largest absolute Gasteiger partial charge is 0.381 e. The van der Waals surface area contributed by atoms with E-state index in [4.69, 9.17) is 16.3 Å². The molecular formula is C13H16ClNO2. The first-order chi connectivity index (χ1) is 8.18. The van der Waals surface area contributed by atoms with Crippen LogP contribution in [0.4, 0.5) is 5.69 Å². The van der Waals surface area contributed by atoms with Crippen molar-refractivity contribution in [2.24, 2.45) is 5.92 Å². The Labute approximate surface area is 106 Å². The van der Waals surface area contributed by atoms with Crippen molar-refractivity contribution >= 4 is 23.2 Å². The van der Waals surface area contributed by atoms with Gasteiger partial charge < -0.3 is 10.1 Å². The normalized spacial score (nSPS) is 16.8. The molecule has 0 aliphatic carbocycles. The summed E-state index contributed by atoms with van der Waals surface area (Å²) >= 11 is 6.14. The molecule has 1 aromatic carbocycles. The molecule has 0 saturated carbocycles. The summed E-state index contributed by atoms with van der Waals surface area (Å²) in [6.07, 6.45) is 1.57. The Bertz CT molecular complexity index is 414. The highest BCUT2D eigenvalue weighted by molar-refractivity contribution is 6.34. The minimum Gasteiger partial charge on any atom is -0.381 e. The van der Waals surface area contributed by atoms with Gasteiger partial charge in [0.25, 0.3) is 0 Å². The fraction of sp³-hybridized carbons (Fsp3) is 0.462.